The zero-order valence-electron chi connectivity index (χ0n) is 9.68. The maximum absolute atomic E-state index is 10.3. The Kier molecular flexibility index (Phi) is 4.18. The van der Waals surface area contributed by atoms with Gasteiger partial charge in [-0.2, -0.15) is 0 Å². The Labute approximate surface area is 88.2 Å². The lowest BCUT2D eigenvalue weighted by molar-refractivity contribution is 0.0513. The van der Waals surface area contributed by atoms with Gasteiger partial charge < -0.3 is 5.11 Å². The first-order valence-electron chi connectivity index (χ1n) is 6.02. The predicted octanol–water partition coefficient (Wildman–Crippen LogP) is 3.67. The van der Waals surface area contributed by atoms with Crippen molar-refractivity contribution < 1.29 is 5.11 Å². The molecule has 0 radical (unpaired) electrons. The lowest BCUT2D eigenvalue weighted by Crippen LogP contribution is -2.33. The Balaban J connectivity index is 2.64. The molecule has 82 valence electrons. The molecule has 0 heterocycles. The van der Waals surface area contributed by atoms with Crippen LogP contribution in [0.1, 0.15) is 58.8 Å². The third-order valence-electron chi connectivity index (χ3n) is 3.84. The fraction of sp³-hybridized carbons (Fsp3) is 0.846. The van der Waals surface area contributed by atoms with Gasteiger partial charge in [0.05, 0.1) is 6.10 Å². The first kappa shape index (κ1) is 11.8. The average Bonchev–Trinajstić information content (AvgIpc) is 2.66. The van der Waals surface area contributed by atoms with E-state index in [1.54, 1.807) is 0 Å². The summed E-state index contributed by atoms with van der Waals surface area (Å²) in [5, 5.41) is 10.3. The zero-order valence-corrected chi connectivity index (χ0v) is 9.68. The van der Waals surface area contributed by atoms with Gasteiger partial charge in [-0.15, -0.1) is 0 Å². The molecule has 1 fully saturated rings. The number of aliphatic hydroxyl groups is 1. The molecule has 0 unspecified atom stereocenters. The first-order chi connectivity index (χ1) is 6.66. The third kappa shape index (κ3) is 2.20. The molecule has 0 aromatic heterocycles. The summed E-state index contributed by atoms with van der Waals surface area (Å²) >= 11 is 0. The third-order valence-corrected chi connectivity index (χ3v) is 3.84. The predicted molar refractivity (Wildman–Crippen MR) is 61.2 cm³/mol. The summed E-state index contributed by atoms with van der Waals surface area (Å²) in [6, 6.07) is 0. The summed E-state index contributed by atoms with van der Waals surface area (Å²) in [5.74, 6) is 0. The van der Waals surface area contributed by atoms with Gasteiger partial charge in [0.2, 0.25) is 0 Å². The van der Waals surface area contributed by atoms with Crippen LogP contribution in [0.25, 0.3) is 0 Å². The molecule has 1 atom stereocenters. The highest BCUT2D eigenvalue weighted by Gasteiger charge is 2.39. The van der Waals surface area contributed by atoms with Crippen molar-refractivity contribution in [2.45, 2.75) is 64.9 Å². The minimum absolute atomic E-state index is 0.173. The van der Waals surface area contributed by atoms with Crippen LogP contribution in [-0.4, -0.2) is 11.2 Å². The van der Waals surface area contributed by atoms with E-state index in [0.29, 0.717) is 0 Å². The number of hydrogen-bond donors (Lipinski definition) is 1. The summed E-state index contributed by atoms with van der Waals surface area (Å²) in [6.07, 6.45) is 7.85. The van der Waals surface area contributed by atoms with Crippen molar-refractivity contribution in [3.8, 4) is 0 Å². The van der Waals surface area contributed by atoms with E-state index in [1.807, 2.05) is 0 Å². The molecular weight excluding hydrogens is 172 g/mol. The van der Waals surface area contributed by atoms with Gasteiger partial charge in [-0.1, -0.05) is 39.7 Å². The maximum Gasteiger partial charge on any atom is 0.0803 e. The van der Waals surface area contributed by atoms with Gasteiger partial charge in [0.1, 0.15) is 0 Å². The van der Waals surface area contributed by atoms with Gasteiger partial charge >= 0.3 is 0 Å². The van der Waals surface area contributed by atoms with Crippen LogP contribution < -0.4 is 0 Å². The van der Waals surface area contributed by atoms with Crippen molar-refractivity contribution in [2.75, 3.05) is 0 Å². The quantitative estimate of drug-likeness (QED) is 0.665. The van der Waals surface area contributed by atoms with Crippen LogP contribution in [0.2, 0.25) is 0 Å². The molecule has 1 aliphatic carbocycles. The van der Waals surface area contributed by atoms with Gasteiger partial charge in [-0.3, -0.25) is 0 Å². The molecule has 14 heavy (non-hydrogen) atoms. The largest absolute Gasteiger partial charge is 0.388 e. The smallest absolute Gasteiger partial charge is 0.0803 e. The second-order valence-electron chi connectivity index (χ2n) is 4.73. The molecule has 0 saturated heterocycles. The van der Waals surface area contributed by atoms with E-state index in [4.69, 9.17) is 0 Å². The van der Waals surface area contributed by atoms with Gasteiger partial charge in [0, 0.05) is 0 Å². The minimum Gasteiger partial charge on any atom is -0.388 e. The van der Waals surface area contributed by atoms with Crippen LogP contribution in [0.3, 0.4) is 0 Å². The van der Waals surface area contributed by atoms with E-state index < -0.39 is 0 Å². The summed E-state index contributed by atoms with van der Waals surface area (Å²) in [5.41, 5.74) is 1.22. The monoisotopic (exact) mass is 196 g/mol. The standard InChI is InChI=1S/C13H24O/c1-4-8-11(3)12(14)13(5-2)9-6-7-10-13/h12,14H,3-10H2,1-2H3/t12-/m0/s1. The highest BCUT2D eigenvalue weighted by atomic mass is 16.3. The molecule has 1 rings (SSSR count). The second-order valence-corrected chi connectivity index (χ2v) is 4.73. The summed E-state index contributed by atoms with van der Waals surface area (Å²) in [4.78, 5) is 0. The Morgan fingerprint density at radius 1 is 1.36 bits per heavy atom. The lowest BCUT2D eigenvalue weighted by Gasteiger charge is -2.34. The second kappa shape index (κ2) is 4.97. The molecule has 1 nitrogen and oxygen atoms in total. The molecule has 0 amide bonds. The van der Waals surface area contributed by atoms with Crippen LogP contribution in [0.15, 0.2) is 12.2 Å². The Hall–Kier alpha value is -0.300. The maximum atomic E-state index is 10.3. The Morgan fingerprint density at radius 2 is 1.93 bits per heavy atom. The molecule has 1 saturated carbocycles. The van der Waals surface area contributed by atoms with E-state index >= 15 is 0 Å². The van der Waals surface area contributed by atoms with E-state index in [2.05, 4.69) is 20.4 Å². The summed E-state index contributed by atoms with van der Waals surface area (Å²) < 4.78 is 0. The molecule has 0 bridgehead atoms. The van der Waals surface area contributed by atoms with Crippen molar-refractivity contribution in [3.63, 3.8) is 0 Å². The lowest BCUT2D eigenvalue weighted by atomic mass is 9.74. The molecule has 0 aromatic rings. The Bertz CT molecular complexity index is 189. The van der Waals surface area contributed by atoms with Crippen molar-refractivity contribution in [1.29, 1.82) is 0 Å². The highest BCUT2D eigenvalue weighted by molar-refractivity contribution is 5.09. The van der Waals surface area contributed by atoms with E-state index in [9.17, 15) is 5.11 Å². The van der Waals surface area contributed by atoms with Gasteiger partial charge in [0.25, 0.3) is 0 Å². The number of hydrogen-bond acceptors (Lipinski definition) is 1. The van der Waals surface area contributed by atoms with Crippen LogP contribution in [0, 0.1) is 5.41 Å². The van der Waals surface area contributed by atoms with E-state index in [-0.39, 0.29) is 11.5 Å². The minimum atomic E-state index is -0.255. The van der Waals surface area contributed by atoms with Crippen LogP contribution >= 0.6 is 0 Å². The Morgan fingerprint density at radius 3 is 2.36 bits per heavy atom. The molecule has 0 aromatic carbocycles. The molecule has 1 heteroatoms. The molecule has 1 N–H and O–H groups in total. The van der Waals surface area contributed by atoms with Crippen molar-refractivity contribution >= 4 is 0 Å². The molecular formula is C13H24O. The normalized spacial score (nSPS) is 22.2. The number of aliphatic hydroxyl groups excluding tert-OH is 1. The average molecular weight is 196 g/mol. The van der Waals surface area contributed by atoms with Gasteiger partial charge in [0.15, 0.2) is 0 Å². The molecule has 0 spiro atoms. The molecule has 1 aliphatic rings. The zero-order chi connectivity index (χ0) is 10.6. The van der Waals surface area contributed by atoms with Crippen LogP contribution in [0.4, 0.5) is 0 Å². The van der Waals surface area contributed by atoms with Crippen molar-refractivity contribution in [2.24, 2.45) is 5.41 Å². The topological polar surface area (TPSA) is 20.2 Å². The van der Waals surface area contributed by atoms with Crippen molar-refractivity contribution in [1.82, 2.24) is 0 Å². The van der Waals surface area contributed by atoms with Gasteiger partial charge in [-0.25, -0.2) is 0 Å². The fourth-order valence-electron chi connectivity index (χ4n) is 2.79. The van der Waals surface area contributed by atoms with E-state index in [1.165, 1.54) is 25.7 Å². The van der Waals surface area contributed by atoms with Crippen molar-refractivity contribution in [3.05, 3.63) is 12.2 Å². The summed E-state index contributed by atoms with van der Waals surface area (Å²) in [6.45, 7) is 8.38. The molecule has 0 aliphatic heterocycles. The van der Waals surface area contributed by atoms with E-state index in [0.717, 1.165) is 24.8 Å². The number of rotatable bonds is 5. The highest BCUT2D eigenvalue weighted by Crippen LogP contribution is 2.46. The van der Waals surface area contributed by atoms with Gasteiger partial charge in [-0.05, 0) is 36.7 Å². The first-order valence-corrected chi connectivity index (χ1v) is 6.02. The fourth-order valence-corrected chi connectivity index (χ4v) is 2.79. The van der Waals surface area contributed by atoms with Crippen LogP contribution in [0.5, 0.6) is 0 Å². The summed E-state index contributed by atoms with van der Waals surface area (Å²) in [7, 11) is 0. The SMILES string of the molecule is C=C(CCC)[C@H](O)C1(CC)CCCC1. The van der Waals surface area contributed by atoms with Crippen LogP contribution in [-0.2, 0) is 0 Å².